The third kappa shape index (κ3) is 6.38. The first kappa shape index (κ1) is 23.5. The summed E-state index contributed by atoms with van der Waals surface area (Å²) >= 11 is 0. The highest BCUT2D eigenvalue weighted by Crippen LogP contribution is 2.23. The number of guanidine groups is 1. The van der Waals surface area contributed by atoms with Crippen LogP contribution in [-0.4, -0.2) is 29.7 Å². The summed E-state index contributed by atoms with van der Waals surface area (Å²) in [6.45, 7) is 5.52. The van der Waals surface area contributed by atoms with E-state index in [1.54, 1.807) is 31.6 Å². The van der Waals surface area contributed by atoms with Crippen LogP contribution in [0.4, 0.5) is 0 Å². The number of nitrogens with zero attached hydrogens (tertiary/aromatic N) is 2. The number of oxazole rings is 1. The van der Waals surface area contributed by atoms with Crippen molar-refractivity contribution < 1.29 is 14.3 Å². The van der Waals surface area contributed by atoms with Gasteiger partial charge in [0.25, 0.3) is 0 Å². The summed E-state index contributed by atoms with van der Waals surface area (Å²) in [5, 5.41) is 16.4. The molecule has 0 atom stereocenters. The molecule has 0 fully saturated rings. The normalized spacial score (nSPS) is 11.0. The number of aryl methyl sites for hydroxylation is 1. The second kappa shape index (κ2) is 11.4. The Labute approximate surface area is 193 Å². The summed E-state index contributed by atoms with van der Waals surface area (Å²) in [7, 11) is 1.59. The molecule has 160 valence electrons. The van der Waals surface area contributed by atoms with Crippen molar-refractivity contribution in [3.8, 4) is 23.0 Å². The molecule has 7 nitrogen and oxygen atoms in total. The lowest BCUT2D eigenvalue weighted by Gasteiger charge is -2.11. The second-order valence-corrected chi connectivity index (χ2v) is 6.55. The third-order valence-electron chi connectivity index (χ3n) is 4.33. The number of aromatic hydroxyl groups is 1. The Hall–Kier alpha value is -2.75. The molecule has 0 aliphatic heterocycles. The quantitative estimate of drug-likeness (QED) is 0.244. The van der Waals surface area contributed by atoms with Gasteiger partial charge in [0.05, 0.1) is 25.9 Å². The highest BCUT2D eigenvalue weighted by atomic mass is 127. The summed E-state index contributed by atoms with van der Waals surface area (Å²) in [5.41, 5.74) is 3.59. The van der Waals surface area contributed by atoms with Gasteiger partial charge in [-0.2, -0.15) is 0 Å². The van der Waals surface area contributed by atoms with Gasteiger partial charge in [0, 0.05) is 17.7 Å². The fraction of sp³-hybridized carbons (Fsp3) is 0.273. The number of phenols is 1. The van der Waals surface area contributed by atoms with Crippen molar-refractivity contribution >= 4 is 29.9 Å². The predicted molar refractivity (Wildman–Crippen MR) is 128 cm³/mol. The van der Waals surface area contributed by atoms with Crippen molar-refractivity contribution in [1.82, 2.24) is 15.6 Å². The van der Waals surface area contributed by atoms with Crippen LogP contribution in [0.5, 0.6) is 11.5 Å². The maximum absolute atomic E-state index is 10.0. The zero-order valence-electron chi connectivity index (χ0n) is 17.3. The van der Waals surface area contributed by atoms with Crippen molar-refractivity contribution in [2.24, 2.45) is 4.99 Å². The Kier molecular flexibility index (Phi) is 8.97. The zero-order valence-corrected chi connectivity index (χ0v) is 19.6. The number of nitrogens with one attached hydrogen (secondary N) is 2. The zero-order chi connectivity index (χ0) is 20.6. The van der Waals surface area contributed by atoms with Crippen LogP contribution in [0.1, 0.15) is 23.7 Å². The molecule has 3 rings (SSSR count). The smallest absolute Gasteiger partial charge is 0.226 e. The van der Waals surface area contributed by atoms with Crippen molar-refractivity contribution in [2.45, 2.75) is 26.9 Å². The molecule has 0 radical (unpaired) electrons. The number of phenolic OH excluding ortho intramolecular Hbond substituents is 1. The number of hydrogen-bond donors (Lipinski definition) is 3. The third-order valence-corrected chi connectivity index (χ3v) is 4.33. The number of halogens is 1. The highest BCUT2D eigenvalue weighted by Gasteiger charge is 2.08. The Morgan fingerprint density at radius 2 is 1.93 bits per heavy atom. The van der Waals surface area contributed by atoms with E-state index < -0.39 is 0 Å². The molecule has 1 aromatic heterocycles. The van der Waals surface area contributed by atoms with Gasteiger partial charge in [-0.25, -0.2) is 9.98 Å². The van der Waals surface area contributed by atoms with Crippen LogP contribution in [0, 0.1) is 6.92 Å². The van der Waals surface area contributed by atoms with Crippen LogP contribution < -0.4 is 15.4 Å². The van der Waals surface area contributed by atoms with Gasteiger partial charge in [-0.05, 0) is 44.2 Å². The maximum atomic E-state index is 10.0. The topological polar surface area (TPSA) is 91.9 Å². The lowest BCUT2D eigenvalue weighted by molar-refractivity contribution is 0.411. The highest BCUT2D eigenvalue weighted by molar-refractivity contribution is 14.0. The van der Waals surface area contributed by atoms with Crippen molar-refractivity contribution in [1.29, 1.82) is 0 Å². The molecule has 0 aliphatic rings. The number of hydrogen-bond acceptors (Lipinski definition) is 5. The number of aromatic nitrogens is 1. The van der Waals surface area contributed by atoms with E-state index in [2.05, 4.69) is 20.6 Å². The molecule has 0 aliphatic carbocycles. The van der Waals surface area contributed by atoms with Crippen LogP contribution >= 0.6 is 24.0 Å². The fourth-order valence-corrected chi connectivity index (χ4v) is 2.71. The minimum Gasteiger partial charge on any atom is -0.508 e. The van der Waals surface area contributed by atoms with E-state index in [-0.39, 0.29) is 29.7 Å². The van der Waals surface area contributed by atoms with E-state index in [1.165, 1.54) is 5.56 Å². The molecule has 0 bridgehead atoms. The van der Waals surface area contributed by atoms with Crippen molar-refractivity contribution in [3.63, 3.8) is 0 Å². The number of benzene rings is 2. The maximum Gasteiger partial charge on any atom is 0.226 e. The summed E-state index contributed by atoms with van der Waals surface area (Å²) in [4.78, 5) is 9.06. The first-order valence-electron chi connectivity index (χ1n) is 9.48. The molecule has 2 aromatic carbocycles. The molecule has 3 N–H and O–H groups in total. The number of aliphatic imine (C=N–C) groups is 1. The molecule has 0 spiro atoms. The Balaban J connectivity index is 0.00000320. The van der Waals surface area contributed by atoms with Crippen LogP contribution in [0.2, 0.25) is 0 Å². The number of ether oxygens (including phenoxy) is 1. The van der Waals surface area contributed by atoms with Gasteiger partial charge in [0.2, 0.25) is 5.89 Å². The summed E-state index contributed by atoms with van der Waals surface area (Å²) < 4.78 is 10.8. The van der Waals surface area contributed by atoms with Crippen molar-refractivity contribution in [3.05, 3.63) is 65.5 Å². The first-order valence-corrected chi connectivity index (χ1v) is 9.48. The Morgan fingerprint density at radius 1 is 1.17 bits per heavy atom. The van der Waals surface area contributed by atoms with Crippen LogP contribution in [0.25, 0.3) is 11.5 Å². The van der Waals surface area contributed by atoms with Gasteiger partial charge < -0.3 is 24.9 Å². The molecular weight excluding hydrogens is 495 g/mol. The molecule has 0 saturated carbocycles. The molecule has 0 unspecified atom stereocenters. The van der Waals surface area contributed by atoms with E-state index in [0.29, 0.717) is 42.8 Å². The molecule has 30 heavy (non-hydrogen) atoms. The van der Waals surface area contributed by atoms with E-state index in [4.69, 9.17) is 9.15 Å². The first-order chi connectivity index (χ1) is 14.1. The van der Waals surface area contributed by atoms with Gasteiger partial charge in [0.1, 0.15) is 17.8 Å². The van der Waals surface area contributed by atoms with Gasteiger partial charge >= 0.3 is 0 Å². The fourth-order valence-electron chi connectivity index (χ4n) is 2.71. The van der Waals surface area contributed by atoms with Gasteiger partial charge in [0.15, 0.2) is 5.96 Å². The number of rotatable bonds is 7. The molecule has 8 heteroatoms. The largest absolute Gasteiger partial charge is 0.508 e. The lowest BCUT2D eigenvalue weighted by Crippen LogP contribution is -2.36. The SMILES string of the molecule is CCNC(=NCc1cc(OC)ccc1O)NCc1coc(-c2ccc(C)cc2)n1.I. The molecular formula is C22H27IN4O3. The standard InChI is InChI=1S/C22H26N4O3.HI/c1-4-23-22(24-12-17-11-19(28-3)9-10-20(17)27)25-13-18-14-29-21(26-18)16-7-5-15(2)6-8-16;/h5-11,14,27H,4,12-13H2,1-3H3,(H2,23,24,25);1H. The minimum absolute atomic E-state index is 0. The van der Waals surface area contributed by atoms with Gasteiger partial charge in [-0.1, -0.05) is 17.7 Å². The van der Waals surface area contributed by atoms with Crippen LogP contribution in [-0.2, 0) is 13.1 Å². The van der Waals surface area contributed by atoms with E-state index >= 15 is 0 Å². The second-order valence-electron chi connectivity index (χ2n) is 6.55. The average Bonchev–Trinajstić information content (AvgIpc) is 3.20. The molecule has 1 heterocycles. The Bertz CT molecular complexity index is 971. The number of methoxy groups -OCH3 is 1. The van der Waals surface area contributed by atoms with E-state index in [1.807, 2.05) is 38.1 Å². The Morgan fingerprint density at radius 3 is 2.63 bits per heavy atom. The predicted octanol–water partition coefficient (Wildman–Crippen LogP) is 4.24. The van der Waals surface area contributed by atoms with E-state index in [0.717, 1.165) is 11.3 Å². The summed E-state index contributed by atoms with van der Waals surface area (Å²) in [6.07, 6.45) is 1.64. The van der Waals surface area contributed by atoms with Crippen LogP contribution in [0.3, 0.4) is 0 Å². The molecule has 0 saturated heterocycles. The van der Waals surface area contributed by atoms with E-state index in [9.17, 15) is 5.11 Å². The summed E-state index contributed by atoms with van der Waals surface area (Å²) in [5.74, 6) is 2.07. The molecule has 3 aromatic rings. The summed E-state index contributed by atoms with van der Waals surface area (Å²) in [6, 6.07) is 13.1. The van der Waals surface area contributed by atoms with Crippen LogP contribution in [0.15, 0.2) is 58.1 Å². The lowest BCUT2D eigenvalue weighted by atomic mass is 10.1. The van der Waals surface area contributed by atoms with Gasteiger partial charge in [-0.3, -0.25) is 0 Å². The van der Waals surface area contributed by atoms with Crippen molar-refractivity contribution in [2.75, 3.05) is 13.7 Å². The monoisotopic (exact) mass is 522 g/mol. The van der Waals surface area contributed by atoms with Gasteiger partial charge in [-0.15, -0.1) is 24.0 Å². The molecule has 0 amide bonds. The minimum atomic E-state index is 0. The average molecular weight is 522 g/mol.